The second kappa shape index (κ2) is 10.2. The molecule has 0 aliphatic carbocycles. The summed E-state index contributed by atoms with van der Waals surface area (Å²) < 4.78 is 6.79. The lowest BCUT2D eigenvalue weighted by atomic mass is 10.1. The summed E-state index contributed by atoms with van der Waals surface area (Å²) in [6, 6.07) is 21.8. The SMILES string of the molecule is CCOC(=O)c1ccc(NC(=O)[C@@H](Sc2nc3cc(Cl)ccc3s2)c2ccccc2)cc1. The lowest BCUT2D eigenvalue weighted by Crippen LogP contribution is -2.19. The van der Waals surface area contributed by atoms with Gasteiger partial charge in [-0.05, 0) is 55.0 Å². The van der Waals surface area contributed by atoms with E-state index in [1.54, 1.807) is 31.2 Å². The fourth-order valence-electron chi connectivity index (χ4n) is 3.04. The van der Waals surface area contributed by atoms with Crippen molar-refractivity contribution in [2.75, 3.05) is 11.9 Å². The number of benzene rings is 3. The molecule has 1 atom stereocenters. The standard InChI is InChI=1S/C24H19ClN2O3S2/c1-2-30-23(29)16-8-11-18(12-9-16)26-22(28)21(15-6-4-3-5-7-15)32-24-27-19-14-17(25)10-13-20(19)31-24/h3-14,21H,2H2,1H3,(H,26,28)/t21-/m0/s1. The van der Waals surface area contributed by atoms with Gasteiger partial charge in [0, 0.05) is 10.7 Å². The summed E-state index contributed by atoms with van der Waals surface area (Å²) in [6.45, 7) is 2.07. The van der Waals surface area contributed by atoms with Gasteiger partial charge < -0.3 is 10.1 Å². The van der Waals surface area contributed by atoms with Crippen LogP contribution in [-0.4, -0.2) is 23.5 Å². The van der Waals surface area contributed by atoms with E-state index in [1.807, 2.05) is 48.5 Å². The average Bonchev–Trinajstić information content (AvgIpc) is 3.20. The number of hydrogen-bond donors (Lipinski definition) is 1. The number of fused-ring (bicyclic) bond motifs is 1. The summed E-state index contributed by atoms with van der Waals surface area (Å²) in [5, 5.41) is 3.07. The first-order chi connectivity index (χ1) is 15.5. The number of esters is 1. The van der Waals surface area contributed by atoms with Crippen LogP contribution in [0.5, 0.6) is 0 Å². The van der Waals surface area contributed by atoms with Crippen molar-refractivity contribution in [2.45, 2.75) is 16.5 Å². The Morgan fingerprint density at radius 3 is 2.56 bits per heavy atom. The predicted molar refractivity (Wildman–Crippen MR) is 131 cm³/mol. The maximum Gasteiger partial charge on any atom is 0.338 e. The molecular formula is C24H19ClN2O3S2. The smallest absolute Gasteiger partial charge is 0.338 e. The van der Waals surface area contributed by atoms with Crippen molar-refractivity contribution in [3.05, 3.63) is 88.9 Å². The van der Waals surface area contributed by atoms with Crippen molar-refractivity contribution >= 4 is 62.5 Å². The molecule has 1 aromatic heterocycles. The van der Waals surface area contributed by atoms with Crippen molar-refractivity contribution in [2.24, 2.45) is 0 Å². The Morgan fingerprint density at radius 2 is 1.84 bits per heavy atom. The lowest BCUT2D eigenvalue weighted by Gasteiger charge is -2.16. The lowest BCUT2D eigenvalue weighted by molar-refractivity contribution is -0.115. The van der Waals surface area contributed by atoms with Gasteiger partial charge in [-0.2, -0.15) is 0 Å². The quantitative estimate of drug-likeness (QED) is 0.237. The van der Waals surface area contributed by atoms with Crippen LogP contribution in [-0.2, 0) is 9.53 Å². The van der Waals surface area contributed by atoms with Gasteiger partial charge in [0.1, 0.15) is 5.25 Å². The number of halogens is 1. The van der Waals surface area contributed by atoms with Crippen LogP contribution in [0.4, 0.5) is 5.69 Å². The molecule has 8 heteroatoms. The molecule has 0 spiro atoms. The third-order valence-corrected chi connectivity index (χ3v) is 7.17. The monoisotopic (exact) mass is 482 g/mol. The molecule has 3 aromatic carbocycles. The minimum atomic E-state index is -0.503. The largest absolute Gasteiger partial charge is 0.462 e. The number of ether oxygens (including phenoxy) is 1. The zero-order valence-electron chi connectivity index (χ0n) is 17.1. The average molecular weight is 483 g/mol. The molecule has 32 heavy (non-hydrogen) atoms. The molecule has 0 radical (unpaired) electrons. The Labute approximate surface area is 198 Å². The van der Waals surface area contributed by atoms with Crippen LogP contribution in [0.2, 0.25) is 5.02 Å². The molecule has 0 saturated carbocycles. The molecule has 1 heterocycles. The molecule has 1 amide bonds. The van der Waals surface area contributed by atoms with E-state index >= 15 is 0 Å². The van der Waals surface area contributed by atoms with E-state index in [0.717, 1.165) is 20.1 Å². The number of nitrogens with zero attached hydrogens (tertiary/aromatic N) is 1. The van der Waals surface area contributed by atoms with Crippen LogP contribution in [0.15, 0.2) is 77.1 Å². The highest BCUT2D eigenvalue weighted by Crippen LogP contribution is 2.40. The summed E-state index contributed by atoms with van der Waals surface area (Å²) in [5.41, 5.74) is 2.72. The number of aromatic nitrogens is 1. The van der Waals surface area contributed by atoms with Gasteiger partial charge in [-0.15, -0.1) is 11.3 Å². The number of carbonyl (C=O) groups excluding carboxylic acids is 2. The van der Waals surface area contributed by atoms with E-state index in [0.29, 0.717) is 22.9 Å². The van der Waals surface area contributed by atoms with Crippen molar-refractivity contribution in [3.8, 4) is 0 Å². The number of thiazole rings is 1. The molecular weight excluding hydrogens is 464 g/mol. The number of amides is 1. The molecule has 4 aromatic rings. The number of nitrogens with one attached hydrogen (secondary N) is 1. The topological polar surface area (TPSA) is 68.3 Å². The Hall–Kier alpha value is -2.87. The highest BCUT2D eigenvalue weighted by molar-refractivity contribution is 8.02. The number of thioether (sulfide) groups is 1. The van der Waals surface area contributed by atoms with Crippen molar-refractivity contribution in [1.29, 1.82) is 0 Å². The molecule has 162 valence electrons. The fraction of sp³-hybridized carbons (Fsp3) is 0.125. The van der Waals surface area contributed by atoms with E-state index < -0.39 is 5.25 Å². The number of carbonyl (C=O) groups is 2. The van der Waals surface area contributed by atoms with E-state index in [2.05, 4.69) is 10.3 Å². The Bertz CT molecular complexity index is 1240. The molecule has 1 N–H and O–H groups in total. The minimum absolute atomic E-state index is 0.178. The second-order valence-corrected chi connectivity index (χ2v) is 9.61. The first-order valence-corrected chi connectivity index (χ1v) is 12.0. The van der Waals surface area contributed by atoms with E-state index in [1.165, 1.54) is 23.1 Å². The summed E-state index contributed by atoms with van der Waals surface area (Å²) >= 11 is 9.00. The van der Waals surface area contributed by atoms with Gasteiger partial charge in [0.2, 0.25) is 5.91 Å². The second-order valence-electron chi connectivity index (χ2n) is 6.79. The number of hydrogen-bond acceptors (Lipinski definition) is 6. The highest BCUT2D eigenvalue weighted by Gasteiger charge is 2.24. The van der Waals surface area contributed by atoms with E-state index in [-0.39, 0.29) is 11.9 Å². The fourth-order valence-corrected chi connectivity index (χ4v) is 5.45. The Morgan fingerprint density at radius 1 is 1.09 bits per heavy atom. The third-order valence-electron chi connectivity index (χ3n) is 4.55. The first kappa shape index (κ1) is 22.3. The van der Waals surface area contributed by atoms with Gasteiger partial charge >= 0.3 is 5.97 Å². The summed E-state index contributed by atoms with van der Waals surface area (Å²) in [6.07, 6.45) is 0. The van der Waals surface area contributed by atoms with Crippen LogP contribution in [0.3, 0.4) is 0 Å². The molecule has 0 aliphatic heterocycles. The molecule has 0 saturated heterocycles. The Kier molecular flexibility index (Phi) is 7.09. The molecule has 0 bridgehead atoms. The van der Waals surface area contributed by atoms with Gasteiger partial charge in [0.15, 0.2) is 4.34 Å². The molecule has 4 rings (SSSR count). The molecule has 0 fully saturated rings. The van der Waals surface area contributed by atoms with Crippen molar-refractivity contribution in [1.82, 2.24) is 4.98 Å². The summed E-state index contributed by atoms with van der Waals surface area (Å²) in [4.78, 5) is 29.7. The van der Waals surface area contributed by atoms with Crippen molar-refractivity contribution < 1.29 is 14.3 Å². The van der Waals surface area contributed by atoms with Gasteiger partial charge in [0.05, 0.1) is 22.4 Å². The molecule has 0 aliphatic rings. The van der Waals surface area contributed by atoms with Crippen LogP contribution < -0.4 is 5.32 Å². The first-order valence-electron chi connectivity index (χ1n) is 9.89. The maximum absolute atomic E-state index is 13.2. The van der Waals surface area contributed by atoms with Crippen molar-refractivity contribution in [3.63, 3.8) is 0 Å². The van der Waals surface area contributed by atoms with Gasteiger partial charge in [0.25, 0.3) is 0 Å². The van der Waals surface area contributed by atoms with Crippen LogP contribution in [0, 0.1) is 0 Å². The van der Waals surface area contributed by atoms with Crippen LogP contribution in [0.25, 0.3) is 10.2 Å². The summed E-state index contributed by atoms with van der Waals surface area (Å²) in [7, 11) is 0. The zero-order chi connectivity index (χ0) is 22.5. The van der Waals surface area contributed by atoms with Gasteiger partial charge in [-0.3, -0.25) is 4.79 Å². The number of anilines is 1. The maximum atomic E-state index is 13.2. The van der Waals surface area contributed by atoms with E-state index in [4.69, 9.17) is 16.3 Å². The van der Waals surface area contributed by atoms with Gasteiger partial charge in [-0.25, -0.2) is 9.78 Å². The number of rotatable bonds is 7. The zero-order valence-corrected chi connectivity index (χ0v) is 19.5. The highest BCUT2D eigenvalue weighted by atomic mass is 35.5. The van der Waals surface area contributed by atoms with E-state index in [9.17, 15) is 9.59 Å². The summed E-state index contributed by atoms with van der Waals surface area (Å²) in [5.74, 6) is -0.568. The minimum Gasteiger partial charge on any atom is -0.462 e. The van der Waals surface area contributed by atoms with Crippen LogP contribution >= 0.6 is 34.7 Å². The molecule has 0 unspecified atom stereocenters. The predicted octanol–water partition coefficient (Wildman–Crippen LogP) is 6.60. The third kappa shape index (κ3) is 5.30. The Balaban J connectivity index is 1.56. The molecule has 5 nitrogen and oxygen atoms in total. The van der Waals surface area contributed by atoms with Gasteiger partial charge in [-0.1, -0.05) is 53.7 Å². The van der Waals surface area contributed by atoms with Crippen LogP contribution in [0.1, 0.15) is 28.1 Å². The normalized spacial score (nSPS) is 11.8.